The number of amides is 1. The summed E-state index contributed by atoms with van der Waals surface area (Å²) in [6.45, 7) is 6.02. The van der Waals surface area contributed by atoms with E-state index in [1.807, 2.05) is 18.2 Å². The van der Waals surface area contributed by atoms with E-state index in [9.17, 15) is 4.79 Å². The number of carbonyl (C=O) groups excluding carboxylic acids is 1. The van der Waals surface area contributed by atoms with Crippen LogP contribution >= 0.6 is 0 Å². The maximum absolute atomic E-state index is 11.5. The molecule has 0 fully saturated rings. The first kappa shape index (κ1) is 15.6. The van der Waals surface area contributed by atoms with Crippen molar-refractivity contribution in [1.29, 1.82) is 0 Å². The normalized spacial score (nSPS) is 11.1. The van der Waals surface area contributed by atoms with Gasteiger partial charge in [0.15, 0.2) is 0 Å². The van der Waals surface area contributed by atoms with E-state index in [0.717, 1.165) is 25.1 Å². The minimum atomic E-state index is -0.284. The van der Waals surface area contributed by atoms with Crippen molar-refractivity contribution in [3.05, 3.63) is 35.4 Å². The Bertz CT molecular complexity index is 407. The molecule has 0 aliphatic rings. The van der Waals surface area contributed by atoms with Crippen LogP contribution in [-0.2, 0) is 6.54 Å². The summed E-state index contributed by atoms with van der Waals surface area (Å²) >= 11 is 0. The summed E-state index contributed by atoms with van der Waals surface area (Å²) in [6.07, 6.45) is 0.751. The zero-order valence-corrected chi connectivity index (χ0v) is 11.6. The first-order valence-corrected chi connectivity index (χ1v) is 6.53. The van der Waals surface area contributed by atoms with E-state index < -0.39 is 0 Å². The summed E-state index contributed by atoms with van der Waals surface area (Å²) < 4.78 is 0. The van der Waals surface area contributed by atoms with Gasteiger partial charge in [0.1, 0.15) is 0 Å². The second-order valence-electron chi connectivity index (χ2n) is 4.82. The molecule has 0 unspecified atom stereocenters. The van der Waals surface area contributed by atoms with E-state index in [4.69, 9.17) is 10.9 Å². The molecule has 5 heteroatoms. The van der Waals surface area contributed by atoms with Gasteiger partial charge in [0, 0.05) is 31.3 Å². The first-order chi connectivity index (χ1) is 9.08. The maximum Gasteiger partial charge on any atom is 0.265 e. The Balaban J connectivity index is 2.76. The Labute approximate surface area is 114 Å². The lowest BCUT2D eigenvalue weighted by atomic mass is 10.1. The van der Waals surface area contributed by atoms with Gasteiger partial charge < -0.3 is 5.11 Å². The third-order valence-corrected chi connectivity index (χ3v) is 3.04. The molecule has 1 rings (SSSR count). The van der Waals surface area contributed by atoms with Crippen LogP contribution in [-0.4, -0.2) is 35.1 Å². The molecular formula is C14H23N3O2. The van der Waals surface area contributed by atoms with E-state index in [2.05, 4.69) is 24.2 Å². The van der Waals surface area contributed by atoms with E-state index in [1.54, 1.807) is 6.07 Å². The van der Waals surface area contributed by atoms with Gasteiger partial charge >= 0.3 is 0 Å². The smallest absolute Gasteiger partial charge is 0.265 e. The molecule has 0 atom stereocenters. The lowest BCUT2D eigenvalue weighted by Gasteiger charge is -2.26. The zero-order chi connectivity index (χ0) is 14.3. The second kappa shape index (κ2) is 7.89. The van der Waals surface area contributed by atoms with E-state index in [1.165, 1.54) is 0 Å². The summed E-state index contributed by atoms with van der Waals surface area (Å²) in [6, 6.07) is 7.81. The van der Waals surface area contributed by atoms with Crippen LogP contribution < -0.4 is 11.3 Å². The fourth-order valence-corrected chi connectivity index (χ4v) is 1.92. The quantitative estimate of drug-likeness (QED) is 0.388. The van der Waals surface area contributed by atoms with Crippen molar-refractivity contribution < 1.29 is 9.90 Å². The maximum atomic E-state index is 11.5. The van der Waals surface area contributed by atoms with Gasteiger partial charge in [0.05, 0.1) is 0 Å². The number of hydrazine groups is 1. The summed E-state index contributed by atoms with van der Waals surface area (Å²) in [5, 5.41) is 8.92. The van der Waals surface area contributed by atoms with Crippen LogP contribution in [0.3, 0.4) is 0 Å². The molecule has 0 spiro atoms. The van der Waals surface area contributed by atoms with Gasteiger partial charge in [0.25, 0.3) is 5.91 Å². The van der Waals surface area contributed by atoms with Crippen molar-refractivity contribution in [3.63, 3.8) is 0 Å². The van der Waals surface area contributed by atoms with Crippen molar-refractivity contribution in [2.45, 2.75) is 32.9 Å². The number of nitrogens with one attached hydrogen (secondary N) is 1. The van der Waals surface area contributed by atoms with Crippen molar-refractivity contribution >= 4 is 5.91 Å². The Morgan fingerprint density at radius 1 is 1.47 bits per heavy atom. The van der Waals surface area contributed by atoms with Gasteiger partial charge in [-0.05, 0) is 38.0 Å². The monoisotopic (exact) mass is 265 g/mol. The molecule has 0 heterocycles. The number of aliphatic hydroxyl groups excluding tert-OH is 1. The van der Waals surface area contributed by atoms with Gasteiger partial charge in [-0.3, -0.25) is 15.1 Å². The fraction of sp³-hybridized carbons (Fsp3) is 0.500. The average Bonchev–Trinajstić information content (AvgIpc) is 2.42. The molecule has 0 saturated heterocycles. The highest BCUT2D eigenvalue weighted by Gasteiger charge is 2.11. The molecule has 4 N–H and O–H groups in total. The van der Waals surface area contributed by atoms with Gasteiger partial charge in [-0.1, -0.05) is 12.1 Å². The molecule has 5 nitrogen and oxygen atoms in total. The topological polar surface area (TPSA) is 78.6 Å². The standard InChI is InChI=1S/C14H23N3O2/c1-11(2)17(7-4-8-18)10-12-5-3-6-13(9-12)14(19)16-15/h3,5-6,9,11,18H,4,7-8,10,15H2,1-2H3,(H,16,19). The lowest BCUT2D eigenvalue weighted by molar-refractivity contribution is 0.0953. The third-order valence-electron chi connectivity index (χ3n) is 3.04. The molecule has 0 bridgehead atoms. The van der Waals surface area contributed by atoms with Crippen molar-refractivity contribution in [3.8, 4) is 0 Å². The Kier molecular flexibility index (Phi) is 6.49. The Morgan fingerprint density at radius 3 is 2.79 bits per heavy atom. The highest BCUT2D eigenvalue weighted by atomic mass is 16.3. The summed E-state index contributed by atoms with van der Waals surface area (Å²) in [5.41, 5.74) is 3.76. The minimum Gasteiger partial charge on any atom is -0.396 e. The Hall–Kier alpha value is -1.43. The SMILES string of the molecule is CC(C)N(CCCO)Cc1cccc(C(=O)NN)c1. The van der Waals surface area contributed by atoms with E-state index in [-0.39, 0.29) is 12.5 Å². The molecule has 106 valence electrons. The third kappa shape index (κ3) is 4.98. The summed E-state index contributed by atoms with van der Waals surface area (Å²) in [7, 11) is 0. The largest absolute Gasteiger partial charge is 0.396 e. The lowest BCUT2D eigenvalue weighted by Crippen LogP contribution is -2.32. The molecule has 1 aromatic carbocycles. The van der Waals surface area contributed by atoms with Crippen molar-refractivity contribution in [1.82, 2.24) is 10.3 Å². The van der Waals surface area contributed by atoms with Crippen LogP contribution in [0.25, 0.3) is 0 Å². The van der Waals surface area contributed by atoms with Crippen LogP contribution in [0, 0.1) is 0 Å². The van der Waals surface area contributed by atoms with Gasteiger partial charge in [-0.25, -0.2) is 5.84 Å². The molecular weight excluding hydrogens is 242 g/mol. The molecule has 0 aliphatic heterocycles. The van der Waals surface area contributed by atoms with Gasteiger partial charge in [-0.15, -0.1) is 0 Å². The Morgan fingerprint density at radius 2 is 2.21 bits per heavy atom. The van der Waals surface area contributed by atoms with Crippen LogP contribution in [0.2, 0.25) is 0 Å². The molecule has 0 aromatic heterocycles. The molecule has 1 aromatic rings. The highest BCUT2D eigenvalue weighted by Crippen LogP contribution is 2.11. The zero-order valence-electron chi connectivity index (χ0n) is 11.6. The van der Waals surface area contributed by atoms with E-state index in [0.29, 0.717) is 11.6 Å². The number of nitrogens with zero attached hydrogens (tertiary/aromatic N) is 1. The number of nitrogen functional groups attached to an aromatic ring is 1. The van der Waals surface area contributed by atoms with Crippen molar-refractivity contribution in [2.75, 3.05) is 13.2 Å². The summed E-state index contributed by atoms with van der Waals surface area (Å²) in [5.74, 6) is 4.85. The number of carbonyl (C=O) groups is 1. The van der Waals surface area contributed by atoms with Crippen LogP contribution in [0.1, 0.15) is 36.2 Å². The molecule has 0 aliphatic carbocycles. The number of hydrogen-bond acceptors (Lipinski definition) is 4. The van der Waals surface area contributed by atoms with Crippen LogP contribution in [0.4, 0.5) is 0 Å². The van der Waals surface area contributed by atoms with Gasteiger partial charge in [0.2, 0.25) is 0 Å². The van der Waals surface area contributed by atoms with Crippen LogP contribution in [0.15, 0.2) is 24.3 Å². The van der Waals surface area contributed by atoms with Crippen molar-refractivity contribution in [2.24, 2.45) is 5.84 Å². The molecule has 19 heavy (non-hydrogen) atoms. The predicted octanol–water partition coefficient (Wildman–Crippen LogP) is 0.883. The number of benzene rings is 1. The number of rotatable bonds is 7. The number of aliphatic hydroxyl groups is 1. The number of hydrogen-bond donors (Lipinski definition) is 3. The summed E-state index contributed by atoms with van der Waals surface area (Å²) in [4.78, 5) is 13.7. The second-order valence-corrected chi connectivity index (χ2v) is 4.82. The average molecular weight is 265 g/mol. The first-order valence-electron chi connectivity index (χ1n) is 6.53. The molecule has 0 radical (unpaired) electrons. The predicted molar refractivity (Wildman–Crippen MR) is 75.3 cm³/mol. The number of nitrogens with two attached hydrogens (primary N) is 1. The highest BCUT2D eigenvalue weighted by molar-refractivity contribution is 5.93. The molecule has 1 amide bonds. The van der Waals surface area contributed by atoms with Crippen LogP contribution in [0.5, 0.6) is 0 Å². The molecule has 0 saturated carbocycles. The minimum absolute atomic E-state index is 0.193. The van der Waals surface area contributed by atoms with E-state index >= 15 is 0 Å². The fourth-order valence-electron chi connectivity index (χ4n) is 1.92. The van der Waals surface area contributed by atoms with Gasteiger partial charge in [-0.2, -0.15) is 0 Å².